The minimum Gasteiger partial charge on any atom is -0.450 e. The Hall–Kier alpha value is -3.25. The van der Waals surface area contributed by atoms with Gasteiger partial charge in [0.1, 0.15) is 5.58 Å². The summed E-state index contributed by atoms with van der Waals surface area (Å²) in [6.07, 6.45) is 1.65. The minimum atomic E-state index is -0.560. The molecule has 0 bridgehead atoms. The summed E-state index contributed by atoms with van der Waals surface area (Å²) >= 11 is 1.36. The number of hydrogen-bond donors (Lipinski definition) is 0. The van der Waals surface area contributed by atoms with Crippen molar-refractivity contribution >= 4 is 33.3 Å². The van der Waals surface area contributed by atoms with Crippen molar-refractivity contribution in [1.29, 1.82) is 0 Å². The molecule has 0 unspecified atom stereocenters. The SMILES string of the molecule is Cc1ccc([C@@H]2c3c(oc4ccc(C)cc4c3=O)C(=O)N2c2nccs2)cc1. The third-order valence-corrected chi connectivity index (χ3v) is 5.81. The predicted molar refractivity (Wildman–Crippen MR) is 109 cm³/mol. The number of carbonyl (C=O) groups excluding carboxylic acids is 1. The van der Waals surface area contributed by atoms with Gasteiger partial charge in [-0.25, -0.2) is 4.98 Å². The fourth-order valence-electron chi connectivity index (χ4n) is 3.68. The smallest absolute Gasteiger partial charge is 0.297 e. The van der Waals surface area contributed by atoms with E-state index in [1.54, 1.807) is 17.2 Å². The van der Waals surface area contributed by atoms with Crippen LogP contribution in [0.4, 0.5) is 5.13 Å². The van der Waals surface area contributed by atoms with Gasteiger partial charge in [0.25, 0.3) is 5.91 Å². The van der Waals surface area contributed by atoms with Gasteiger partial charge in [-0.3, -0.25) is 14.5 Å². The van der Waals surface area contributed by atoms with Crippen molar-refractivity contribution < 1.29 is 9.21 Å². The van der Waals surface area contributed by atoms with Crippen LogP contribution in [0.5, 0.6) is 0 Å². The molecule has 1 aliphatic rings. The minimum absolute atomic E-state index is 0.0992. The second-order valence-electron chi connectivity index (χ2n) is 6.98. The quantitative estimate of drug-likeness (QED) is 0.503. The van der Waals surface area contributed by atoms with E-state index in [0.717, 1.165) is 16.7 Å². The van der Waals surface area contributed by atoms with Crippen LogP contribution < -0.4 is 10.3 Å². The number of amides is 1. The van der Waals surface area contributed by atoms with Crippen LogP contribution in [0.15, 0.2) is 63.3 Å². The van der Waals surface area contributed by atoms with E-state index in [-0.39, 0.29) is 17.1 Å². The molecule has 0 saturated heterocycles. The number of fused-ring (bicyclic) bond motifs is 2. The molecule has 28 heavy (non-hydrogen) atoms. The van der Waals surface area contributed by atoms with Gasteiger partial charge in [-0.1, -0.05) is 41.5 Å². The summed E-state index contributed by atoms with van der Waals surface area (Å²) in [5.41, 5.74) is 3.56. The Morgan fingerprint density at radius 2 is 1.79 bits per heavy atom. The van der Waals surface area contributed by atoms with Gasteiger partial charge in [-0.15, -0.1) is 11.3 Å². The molecule has 5 rings (SSSR count). The molecule has 3 heterocycles. The summed E-state index contributed by atoms with van der Waals surface area (Å²) in [5, 5.41) is 2.85. The van der Waals surface area contributed by atoms with Crippen molar-refractivity contribution in [3.8, 4) is 0 Å². The Labute approximate surface area is 164 Å². The highest BCUT2D eigenvalue weighted by Gasteiger charge is 2.44. The van der Waals surface area contributed by atoms with Gasteiger partial charge in [0.05, 0.1) is 17.0 Å². The first-order valence-electron chi connectivity index (χ1n) is 8.91. The number of rotatable bonds is 2. The normalized spacial score (nSPS) is 16.0. The van der Waals surface area contributed by atoms with Crippen molar-refractivity contribution in [3.63, 3.8) is 0 Å². The lowest BCUT2D eigenvalue weighted by atomic mass is 9.97. The third-order valence-electron chi connectivity index (χ3n) is 5.04. The predicted octanol–water partition coefficient (Wildman–Crippen LogP) is 4.62. The maximum atomic E-state index is 13.4. The Balaban J connectivity index is 1.83. The van der Waals surface area contributed by atoms with E-state index < -0.39 is 6.04 Å². The molecule has 1 amide bonds. The molecule has 4 aromatic rings. The molecule has 0 N–H and O–H groups in total. The van der Waals surface area contributed by atoms with Gasteiger partial charge >= 0.3 is 0 Å². The summed E-state index contributed by atoms with van der Waals surface area (Å²) in [7, 11) is 0. The topological polar surface area (TPSA) is 63.4 Å². The van der Waals surface area contributed by atoms with Crippen molar-refractivity contribution in [2.75, 3.05) is 4.90 Å². The molecule has 1 aliphatic heterocycles. The molecule has 5 nitrogen and oxygen atoms in total. The van der Waals surface area contributed by atoms with E-state index in [1.165, 1.54) is 11.3 Å². The molecule has 2 aromatic carbocycles. The molecule has 2 aromatic heterocycles. The van der Waals surface area contributed by atoms with Crippen LogP contribution in [0.2, 0.25) is 0 Å². The first-order valence-corrected chi connectivity index (χ1v) is 9.79. The van der Waals surface area contributed by atoms with Gasteiger partial charge in [0.15, 0.2) is 10.6 Å². The highest BCUT2D eigenvalue weighted by Crippen LogP contribution is 2.41. The summed E-state index contributed by atoms with van der Waals surface area (Å²) in [6, 6.07) is 12.7. The number of anilines is 1. The number of hydrogen-bond acceptors (Lipinski definition) is 5. The van der Waals surface area contributed by atoms with Crippen molar-refractivity contribution in [2.45, 2.75) is 19.9 Å². The molecule has 0 aliphatic carbocycles. The van der Waals surface area contributed by atoms with E-state index >= 15 is 0 Å². The van der Waals surface area contributed by atoms with E-state index in [0.29, 0.717) is 21.7 Å². The maximum Gasteiger partial charge on any atom is 0.297 e. The highest BCUT2D eigenvalue weighted by atomic mass is 32.1. The monoisotopic (exact) mass is 388 g/mol. The lowest BCUT2D eigenvalue weighted by Gasteiger charge is -2.22. The summed E-state index contributed by atoms with van der Waals surface area (Å²) in [6.45, 7) is 3.93. The average molecular weight is 388 g/mol. The number of thiazole rings is 1. The van der Waals surface area contributed by atoms with Gasteiger partial charge < -0.3 is 4.42 Å². The standard InChI is InChI=1S/C22H16N2O3S/c1-12-3-6-14(7-4-12)18-17-19(25)15-11-13(2)5-8-16(15)27-20(17)21(26)24(18)22-23-9-10-28-22/h3-11,18H,1-2H3/t18-/m1/s1. The molecular formula is C22H16N2O3S. The second kappa shape index (κ2) is 6.14. The first-order chi connectivity index (χ1) is 13.5. The van der Waals surface area contributed by atoms with Gasteiger partial charge in [-0.2, -0.15) is 0 Å². The van der Waals surface area contributed by atoms with Gasteiger partial charge in [0, 0.05) is 11.6 Å². The highest BCUT2D eigenvalue weighted by molar-refractivity contribution is 7.13. The first kappa shape index (κ1) is 16.9. The average Bonchev–Trinajstić information content (AvgIpc) is 3.30. The van der Waals surface area contributed by atoms with E-state index in [9.17, 15) is 9.59 Å². The molecule has 0 radical (unpaired) electrons. The van der Waals surface area contributed by atoms with Crippen LogP contribution >= 0.6 is 11.3 Å². The van der Waals surface area contributed by atoms with E-state index in [4.69, 9.17) is 4.42 Å². The third kappa shape index (κ3) is 2.42. The summed E-state index contributed by atoms with van der Waals surface area (Å²) in [5.74, 6) is -0.239. The Kier molecular flexibility index (Phi) is 3.70. The van der Waals surface area contributed by atoms with Crippen LogP contribution in [0.1, 0.15) is 38.9 Å². The van der Waals surface area contributed by atoms with Crippen LogP contribution in [-0.2, 0) is 0 Å². The number of carbonyl (C=O) groups is 1. The number of aromatic nitrogens is 1. The molecule has 1 atom stereocenters. The Bertz CT molecular complexity index is 1270. The van der Waals surface area contributed by atoms with Crippen molar-refractivity contribution in [3.05, 3.63) is 92.3 Å². The molecule has 6 heteroatoms. The molecular weight excluding hydrogens is 372 g/mol. The largest absolute Gasteiger partial charge is 0.450 e. The zero-order valence-electron chi connectivity index (χ0n) is 15.3. The fourth-order valence-corrected chi connectivity index (χ4v) is 4.35. The van der Waals surface area contributed by atoms with Crippen LogP contribution in [0.25, 0.3) is 11.0 Å². The lowest BCUT2D eigenvalue weighted by Crippen LogP contribution is -2.29. The summed E-state index contributed by atoms with van der Waals surface area (Å²) in [4.78, 5) is 32.6. The van der Waals surface area contributed by atoms with Crippen LogP contribution in [0, 0.1) is 13.8 Å². The Morgan fingerprint density at radius 1 is 1.04 bits per heavy atom. The fraction of sp³-hybridized carbons (Fsp3) is 0.136. The van der Waals surface area contributed by atoms with Crippen LogP contribution in [0.3, 0.4) is 0 Å². The van der Waals surface area contributed by atoms with E-state index in [1.807, 2.05) is 55.6 Å². The Morgan fingerprint density at radius 3 is 2.50 bits per heavy atom. The van der Waals surface area contributed by atoms with Gasteiger partial charge in [0.2, 0.25) is 5.76 Å². The number of nitrogens with zero attached hydrogens (tertiary/aromatic N) is 2. The molecule has 0 spiro atoms. The second-order valence-corrected chi connectivity index (χ2v) is 7.85. The van der Waals surface area contributed by atoms with Crippen molar-refractivity contribution in [2.24, 2.45) is 0 Å². The molecule has 138 valence electrons. The van der Waals surface area contributed by atoms with E-state index in [2.05, 4.69) is 4.98 Å². The number of aryl methyl sites for hydroxylation is 2. The zero-order valence-corrected chi connectivity index (χ0v) is 16.1. The van der Waals surface area contributed by atoms with Gasteiger partial charge in [-0.05, 0) is 31.5 Å². The number of benzene rings is 2. The lowest BCUT2D eigenvalue weighted by molar-refractivity contribution is 0.0971. The zero-order chi connectivity index (χ0) is 19.4. The maximum absolute atomic E-state index is 13.4. The molecule has 0 saturated carbocycles. The molecule has 0 fully saturated rings. The summed E-state index contributed by atoms with van der Waals surface area (Å²) < 4.78 is 5.94. The van der Waals surface area contributed by atoms with Crippen molar-refractivity contribution in [1.82, 2.24) is 4.98 Å². The van der Waals surface area contributed by atoms with Crippen LogP contribution in [-0.4, -0.2) is 10.9 Å².